The number of rotatable bonds is 0. The van der Waals surface area contributed by atoms with Crippen molar-refractivity contribution < 1.29 is 11.9 Å². The molecule has 0 spiro atoms. The van der Waals surface area contributed by atoms with Crippen molar-refractivity contribution in [2.24, 2.45) is 0 Å². The molecule has 0 saturated heterocycles. The Morgan fingerprint density at radius 3 is 1.42 bits per heavy atom. The van der Waals surface area contributed by atoms with Crippen molar-refractivity contribution >= 4 is 37.7 Å². The number of hydrogen-bond acceptors (Lipinski definition) is 0. The molecule has 0 heterocycles. The molecule has 0 nitrogen and oxygen atoms in total. The normalized spacial score (nSPS) is 11.4. The standard InChI is InChI=1S/C7H8.4ClH.W/c1-7-5-3-2-4-6-7;;;;;/h2-6H,1H3;4*1H;/q;;;;;+4/p-4. The molecule has 1 aromatic rings. The number of hydrogen-bond donors (Lipinski definition) is 0. The molecule has 0 fully saturated rings. The molecule has 0 atom stereocenters. The van der Waals surface area contributed by atoms with Crippen LogP contribution in [0.2, 0.25) is 0 Å². The van der Waals surface area contributed by atoms with E-state index in [1.807, 2.05) is 18.2 Å². The minimum absolute atomic E-state index is 1.32. The van der Waals surface area contributed by atoms with Crippen LogP contribution in [0.1, 0.15) is 5.56 Å². The van der Waals surface area contributed by atoms with E-state index in [4.69, 9.17) is 37.7 Å². The number of aryl methyl sites for hydroxylation is 1. The Hall–Kier alpha value is 1.07. The van der Waals surface area contributed by atoms with Gasteiger partial charge in [0.2, 0.25) is 0 Å². The molecule has 0 amide bonds. The van der Waals surface area contributed by atoms with Gasteiger partial charge in [0.25, 0.3) is 0 Å². The average molecular weight is 418 g/mol. The Labute approximate surface area is 91.7 Å². The van der Waals surface area contributed by atoms with Gasteiger partial charge < -0.3 is 0 Å². The predicted octanol–water partition coefficient (Wildman–Crippen LogP) is 4.75. The first-order chi connectivity index (χ1) is 5.39. The second-order valence-corrected chi connectivity index (χ2v) is 27.4. The molecule has 70 valence electrons. The van der Waals surface area contributed by atoms with Crippen LogP contribution in [-0.2, 0) is 11.9 Å². The van der Waals surface area contributed by atoms with Crippen molar-refractivity contribution in [3.05, 3.63) is 35.9 Å². The molecule has 5 heteroatoms. The molecule has 1 rings (SSSR count). The van der Waals surface area contributed by atoms with E-state index in [2.05, 4.69) is 19.1 Å². The van der Waals surface area contributed by atoms with Crippen LogP contribution in [0.5, 0.6) is 0 Å². The van der Waals surface area contributed by atoms with Gasteiger partial charge in [-0.3, -0.25) is 0 Å². The maximum atomic E-state index is 5.03. The summed E-state index contributed by atoms with van der Waals surface area (Å²) in [4.78, 5) is 0. The Morgan fingerprint density at radius 2 is 1.25 bits per heavy atom. The maximum absolute atomic E-state index is 5.03. The Bertz CT molecular complexity index is 200. The van der Waals surface area contributed by atoms with E-state index in [9.17, 15) is 0 Å². The van der Waals surface area contributed by atoms with E-state index in [0.29, 0.717) is 0 Å². The van der Waals surface area contributed by atoms with Crippen LogP contribution in [0.4, 0.5) is 0 Å². The molecule has 0 aromatic heterocycles. The second kappa shape index (κ2) is 6.51. The second-order valence-electron chi connectivity index (χ2n) is 2.00. The predicted molar refractivity (Wildman–Crippen MR) is 54.6 cm³/mol. The average Bonchev–Trinajstić information content (AvgIpc) is 1.85. The fourth-order valence-corrected chi connectivity index (χ4v) is 0.534. The van der Waals surface area contributed by atoms with Gasteiger partial charge in [-0.2, -0.15) is 0 Å². The zero-order valence-corrected chi connectivity index (χ0v) is 12.3. The van der Waals surface area contributed by atoms with Gasteiger partial charge in [0.1, 0.15) is 0 Å². The summed E-state index contributed by atoms with van der Waals surface area (Å²) in [5.41, 5.74) is 1.32. The van der Waals surface area contributed by atoms with Crippen molar-refractivity contribution in [1.29, 1.82) is 0 Å². The van der Waals surface area contributed by atoms with Gasteiger partial charge in [-0.25, -0.2) is 0 Å². The third-order valence-corrected chi connectivity index (χ3v) is 0.940. The molecule has 0 saturated carbocycles. The Morgan fingerprint density at radius 1 is 0.917 bits per heavy atom. The third-order valence-electron chi connectivity index (χ3n) is 0.940. The first kappa shape index (κ1) is 13.1. The Kier molecular flexibility index (Phi) is 7.09. The first-order valence-corrected chi connectivity index (χ1v) is 17.6. The minimum atomic E-state index is -3.28. The monoisotopic (exact) mass is 416 g/mol. The molecule has 0 aliphatic rings. The summed E-state index contributed by atoms with van der Waals surface area (Å²) in [5, 5.41) is 0. The summed E-state index contributed by atoms with van der Waals surface area (Å²) in [6, 6.07) is 10.3. The van der Waals surface area contributed by atoms with Crippen LogP contribution in [0.3, 0.4) is 0 Å². The summed E-state index contributed by atoms with van der Waals surface area (Å²) in [6.07, 6.45) is 0. The number of halogens is 4. The van der Waals surface area contributed by atoms with Crippen LogP contribution >= 0.6 is 37.7 Å². The van der Waals surface area contributed by atoms with Crippen molar-refractivity contribution in [3.8, 4) is 0 Å². The van der Waals surface area contributed by atoms with E-state index in [-0.39, 0.29) is 0 Å². The van der Waals surface area contributed by atoms with Crippen LogP contribution in [-0.4, -0.2) is 0 Å². The third kappa shape index (κ3) is 13.6. The Balaban J connectivity index is 0.000000217. The molecule has 12 heavy (non-hydrogen) atoms. The van der Waals surface area contributed by atoms with E-state index in [1.54, 1.807) is 0 Å². The zero-order chi connectivity index (χ0) is 9.61. The van der Waals surface area contributed by atoms with Crippen molar-refractivity contribution in [2.75, 3.05) is 0 Å². The fourth-order valence-electron chi connectivity index (χ4n) is 0.534. The van der Waals surface area contributed by atoms with Gasteiger partial charge in [0.15, 0.2) is 0 Å². The summed E-state index contributed by atoms with van der Waals surface area (Å²) < 4.78 is 0. The topological polar surface area (TPSA) is 0 Å². The summed E-state index contributed by atoms with van der Waals surface area (Å²) in [6.45, 7) is 2.08. The van der Waals surface area contributed by atoms with Crippen LogP contribution in [0.15, 0.2) is 30.3 Å². The van der Waals surface area contributed by atoms with E-state index >= 15 is 0 Å². The van der Waals surface area contributed by atoms with Gasteiger partial charge in [-0.05, 0) is 6.92 Å². The van der Waals surface area contributed by atoms with Gasteiger partial charge >= 0.3 is 49.6 Å². The van der Waals surface area contributed by atoms with E-state index < -0.39 is 11.9 Å². The molecule has 0 aliphatic carbocycles. The number of benzene rings is 1. The molecule has 1 aromatic carbocycles. The van der Waals surface area contributed by atoms with Gasteiger partial charge in [-0.15, -0.1) is 0 Å². The van der Waals surface area contributed by atoms with E-state index in [1.165, 1.54) is 5.56 Å². The van der Waals surface area contributed by atoms with Crippen LogP contribution in [0.25, 0.3) is 0 Å². The summed E-state index contributed by atoms with van der Waals surface area (Å²) in [5.74, 6) is 0. The molecule has 0 bridgehead atoms. The quantitative estimate of drug-likeness (QED) is 0.571. The molecular formula is C7H8Cl4W. The van der Waals surface area contributed by atoms with Crippen molar-refractivity contribution in [2.45, 2.75) is 6.92 Å². The van der Waals surface area contributed by atoms with Crippen LogP contribution < -0.4 is 0 Å². The van der Waals surface area contributed by atoms with Crippen molar-refractivity contribution in [3.63, 3.8) is 0 Å². The van der Waals surface area contributed by atoms with Gasteiger partial charge in [0, 0.05) is 0 Å². The molecule has 0 unspecified atom stereocenters. The molecule has 0 N–H and O–H groups in total. The van der Waals surface area contributed by atoms with Crippen molar-refractivity contribution in [1.82, 2.24) is 0 Å². The molecular weight excluding hydrogens is 410 g/mol. The SMILES string of the molecule is Cc1ccccc1.[Cl][W]([Cl])([Cl])[Cl]. The van der Waals surface area contributed by atoms with Gasteiger partial charge in [-0.1, -0.05) is 35.9 Å². The fraction of sp³-hybridized carbons (Fsp3) is 0.143. The summed E-state index contributed by atoms with van der Waals surface area (Å²) >= 11 is -3.28. The molecule has 0 aliphatic heterocycles. The first-order valence-electron chi connectivity index (χ1n) is 3.03. The molecule has 0 radical (unpaired) electrons. The summed E-state index contributed by atoms with van der Waals surface area (Å²) in [7, 11) is 20.1. The van der Waals surface area contributed by atoms with Crippen LogP contribution in [0, 0.1) is 6.92 Å². The van der Waals surface area contributed by atoms with Gasteiger partial charge in [0.05, 0.1) is 0 Å². The van der Waals surface area contributed by atoms with E-state index in [0.717, 1.165) is 0 Å². The zero-order valence-electron chi connectivity index (χ0n) is 6.31.